The van der Waals surface area contributed by atoms with Crippen LogP contribution in [0.4, 0.5) is 0 Å². The molecule has 0 heterocycles. The standard InChI is InChI=1S/C7H9.3ClH.Ti/c1-6-4-3-5-7(6)2;;;;/h4H,3H2,1-2H3;3*1H;. The summed E-state index contributed by atoms with van der Waals surface area (Å²) in [5.41, 5.74) is 2.95. The van der Waals surface area contributed by atoms with Crippen molar-refractivity contribution in [2.24, 2.45) is 0 Å². The van der Waals surface area contributed by atoms with E-state index in [-0.39, 0.29) is 37.2 Å². The molecule has 11 heavy (non-hydrogen) atoms. The predicted octanol–water partition coefficient (Wildman–Crippen LogP) is 3.42. The van der Waals surface area contributed by atoms with Crippen molar-refractivity contribution in [2.75, 3.05) is 0 Å². The smallest absolute Gasteiger partial charge is 0.147 e. The molecule has 0 aromatic heterocycles. The van der Waals surface area contributed by atoms with Gasteiger partial charge in [0.05, 0.1) is 0 Å². The summed E-state index contributed by atoms with van der Waals surface area (Å²) in [6.45, 7) is 4.36. The van der Waals surface area contributed by atoms with Gasteiger partial charge in [-0.15, -0.1) is 37.2 Å². The Hall–Kier alpha value is 1.06. The fourth-order valence-electron chi connectivity index (χ4n) is 0.799. The van der Waals surface area contributed by atoms with E-state index in [0.717, 1.165) is 0 Å². The van der Waals surface area contributed by atoms with Crippen LogP contribution in [0.3, 0.4) is 0 Å². The van der Waals surface area contributed by atoms with Gasteiger partial charge < -0.3 is 0 Å². The van der Waals surface area contributed by atoms with Crippen molar-refractivity contribution in [3.8, 4) is 0 Å². The normalized spacial score (nSPS) is 14.1. The average Bonchev–Trinajstić information content (AvgIpc) is 1.98. The van der Waals surface area contributed by atoms with E-state index in [0.29, 0.717) is 0 Å². The molecule has 0 bridgehead atoms. The first kappa shape index (κ1) is 18.0. The molecule has 0 amide bonds. The van der Waals surface area contributed by atoms with E-state index in [1.54, 1.807) is 0 Å². The molecule has 65 valence electrons. The first-order chi connectivity index (χ1) is 3.72. The summed E-state index contributed by atoms with van der Waals surface area (Å²) in [5.74, 6) is 0. The summed E-state index contributed by atoms with van der Waals surface area (Å²) < 4.78 is 1.53. The van der Waals surface area contributed by atoms with Gasteiger partial charge in [-0.25, -0.2) is 0 Å². The summed E-state index contributed by atoms with van der Waals surface area (Å²) in [7, 11) is 0. The van der Waals surface area contributed by atoms with Gasteiger partial charge in [0.25, 0.3) is 0 Å². The Kier molecular flexibility index (Phi) is 12.6. The fraction of sp³-hybridized carbons (Fsp3) is 0.429. The number of rotatable bonds is 0. The van der Waals surface area contributed by atoms with Crippen molar-refractivity contribution in [3.05, 3.63) is 21.1 Å². The summed E-state index contributed by atoms with van der Waals surface area (Å²) >= 11 is 2.20. The van der Waals surface area contributed by atoms with Crippen LogP contribution in [0.25, 0.3) is 0 Å². The van der Waals surface area contributed by atoms with Crippen LogP contribution in [0.5, 0.6) is 0 Å². The molecular formula is C7H12Cl3Ti. The van der Waals surface area contributed by atoms with E-state index in [1.165, 1.54) is 21.4 Å². The van der Waals surface area contributed by atoms with Gasteiger partial charge in [-0.1, -0.05) is 0 Å². The number of allylic oxidation sites excluding steroid dienone is 4. The molecule has 1 aliphatic carbocycles. The van der Waals surface area contributed by atoms with Crippen molar-refractivity contribution in [1.82, 2.24) is 0 Å². The number of hydrogen-bond acceptors (Lipinski definition) is 0. The average molecular weight is 250 g/mol. The Morgan fingerprint density at radius 3 is 1.73 bits per heavy atom. The molecule has 0 spiro atoms. The van der Waals surface area contributed by atoms with Crippen LogP contribution < -0.4 is 0 Å². The Morgan fingerprint density at radius 2 is 1.64 bits per heavy atom. The largest absolute Gasteiger partial charge is 0.147 e. The third-order valence-corrected chi connectivity index (χ3v) is 2.56. The van der Waals surface area contributed by atoms with E-state index < -0.39 is 0 Å². The zero-order valence-electron chi connectivity index (χ0n) is 6.51. The Morgan fingerprint density at radius 1 is 1.18 bits per heavy atom. The van der Waals surface area contributed by atoms with Gasteiger partial charge in [-0.05, 0) is 0 Å². The predicted molar refractivity (Wildman–Crippen MR) is 52.8 cm³/mol. The van der Waals surface area contributed by atoms with E-state index in [9.17, 15) is 0 Å². The Balaban J connectivity index is -0.000000213. The number of halogens is 3. The van der Waals surface area contributed by atoms with E-state index in [1.807, 2.05) is 0 Å². The molecule has 0 aromatic rings. The zero-order valence-corrected chi connectivity index (χ0v) is 10.5. The fourth-order valence-corrected chi connectivity index (χ4v) is 1.27. The van der Waals surface area contributed by atoms with Crippen LogP contribution in [0, 0.1) is 0 Å². The minimum Gasteiger partial charge on any atom is -0.147 e. The molecule has 4 heteroatoms. The third-order valence-electron chi connectivity index (χ3n) is 1.66. The van der Waals surface area contributed by atoms with Gasteiger partial charge in [0, 0.05) is 0 Å². The first-order valence-electron chi connectivity index (χ1n) is 2.80. The monoisotopic (exact) mass is 249 g/mol. The van der Waals surface area contributed by atoms with Crippen molar-refractivity contribution >= 4 is 37.2 Å². The van der Waals surface area contributed by atoms with Gasteiger partial charge in [-0.3, -0.25) is 0 Å². The summed E-state index contributed by atoms with van der Waals surface area (Å²) in [6.07, 6.45) is 3.46. The molecule has 0 aliphatic heterocycles. The van der Waals surface area contributed by atoms with Crippen molar-refractivity contribution in [3.63, 3.8) is 0 Å². The molecule has 0 radical (unpaired) electrons. The topological polar surface area (TPSA) is 0 Å². The van der Waals surface area contributed by atoms with Gasteiger partial charge in [0.15, 0.2) is 0 Å². The SMILES string of the molecule is CC1=CC[C]([Ti])=C1C.Cl.Cl.Cl. The maximum absolute atomic E-state index is 2.28. The maximum atomic E-state index is 2.28. The van der Waals surface area contributed by atoms with Gasteiger partial charge in [-0.2, -0.15) is 0 Å². The van der Waals surface area contributed by atoms with Gasteiger partial charge in [0.1, 0.15) is 0 Å². The molecule has 0 saturated carbocycles. The third kappa shape index (κ3) is 4.60. The molecule has 1 rings (SSSR count). The van der Waals surface area contributed by atoms with Crippen LogP contribution in [-0.4, -0.2) is 0 Å². The first-order valence-corrected chi connectivity index (χ1v) is 3.58. The summed E-state index contributed by atoms with van der Waals surface area (Å²) in [4.78, 5) is 0. The van der Waals surface area contributed by atoms with Crippen molar-refractivity contribution in [2.45, 2.75) is 20.3 Å². The van der Waals surface area contributed by atoms with Crippen LogP contribution in [0.2, 0.25) is 0 Å². The molecule has 0 aromatic carbocycles. The van der Waals surface area contributed by atoms with E-state index in [4.69, 9.17) is 0 Å². The second-order valence-corrected chi connectivity index (χ2v) is 3.14. The zero-order chi connectivity index (χ0) is 6.15. The molecule has 0 fully saturated rings. The quantitative estimate of drug-likeness (QED) is 0.578. The van der Waals surface area contributed by atoms with Crippen LogP contribution >= 0.6 is 37.2 Å². The minimum atomic E-state index is 0. The molecule has 0 saturated heterocycles. The molecule has 0 atom stereocenters. The Labute approximate surface area is 98.5 Å². The minimum absolute atomic E-state index is 0. The van der Waals surface area contributed by atoms with Crippen LogP contribution in [0.15, 0.2) is 21.1 Å². The second kappa shape index (κ2) is 7.70. The van der Waals surface area contributed by atoms with Crippen molar-refractivity contribution in [1.29, 1.82) is 0 Å². The van der Waals surface area contributed by atoms with Crippen molar-refractivity contribution < 1.29 is 20.4 Å². The number of hydrogen-bond donors (Lipinski definition) is 0. The maximum Gasteiger partial charge on any atom is -0.147 e. The van der Waals surface area contributed by atoms with Crippen LogP contribution in [-0.2, 0) is 20.4 Å². The summed E-state index contributed by atoms with van der Waals surface area (Å²) in [6, 6.07) is 0. The molecule has 0 nitrogen and oxygen atoms in total. The molecular weight excluding hydrogens is 238 g/mol. The van der Waals surface area contributed by atoms with Crippen LogP contribution in [0.1, 0.15) is 20.3 Å². The molecule has 1 aliphatic rings. The Bertz CT molecular complexity index is 167. The summed E-state index contributed by atoms with van der Waals surface area (Å²) in [5, 5.41) is 0. The van der Waals surface area contributed by atoms with Gasteiger partial charge in [0.2, 0.25) is 0 Å². The second-order valence-electron chi connectivity index (χ2n) is 2.19. The van der Waals surface area contributed by atoms with E-state index >= 15 is 0 Å². The van der Waals surface area contributed by atoms with E-state index in [2.05, 4.69) is 40.4 Å². The molecule has 0 unspecified atom stereocenters. The molecule has 0 N–H and O–H groups in total. The van der Waals surface area contributed by atoms with Gasteiger partial charge >= 0.3 is 61.8 Å².